The third kappa shape index (κ3) is 4.84. The van der Waals surface area contributed by atoms with E-state index >= 15 is 0 Å². The number of esters is 1. The number of aromatic nitrogens is 1. The Morgan fingerprint density at radius 2 is 1.81 bits per heavy atom. The molecular formula is C23H27N3O5. The van der Waals surface area contributed by atoms with Crippen molar-refractivity contribution in [2.75, 3.05) is 26.7 Å². The Hall–Kier alpha value is -3.42. The second kappa shape index (κ2) is 9.59. The summed E-state index contributed by atoms with van der Waals surface area (Å²) in [5, 5.41) is 0. The smallest absolute Gasteiger partial charge is 0.325 e. The Bertz CT molecular complexity index is 1030. The fraction of sp³-hybridized carbons (Fsp3) is 0.391. The molecule has 1 unspecified atom stereocenters. The van der Waals surface area contributed by atoms with Crippen LogP contribution in [0.1, 0.15) is 28.4 Å². The van der Waals surface area contributed by atoms with E-state index < -0.39 is 17.9 Å². The molecular weight excluding hydrogens is 398 g/mol. The van der Waals surface area contributed by atoms with Gasteiger partial charge in [0.05, 0.1) is 7.11 Å². The summed E-state index contributed by atoms with van der Waals surface area (Å²) < 4.78 is 6.16. The van der Waals surface area contributed by atoms with Gasteiger partial charge in [-0.05, 0) is 37.5 Å². The van der Waals surface area contributed by atoms with Gasteiger partial charge in [0.25, 0.3) is 11.5 Å². The van der Waals surface area contributed by atoms with Crippen molar-refractivity contribution >= 4 is 17.8 Å². The van der Waals surface area contributed by atoms with E-state index in [0.717, 1.165) is 5.56 Å². The maximum Gasteiger partial charge on any atom is 0.325 e. The first-order chi connectivity index (χ1) is 14.8. The summed E-state index contributed by atoms with van der Waals surface area (Å²) in [6.07, 6.45) is 2.36. The number of benzene rings is 1. The molecule has 1 saturated heterocycles. The maximum atomic E-state index is 13.3. The van der Waals surface area contributed by atoms with Crippen LogP contribution >= 0.6 is 0 Å². The Balaban J connectivity index is 1.79. The minimum Gasteiger partial charge on any atom is -0.468 e. The van der Waals surface area contributed by atoms with Crippen LogP contribution in [0.25, 0.3) is 0 Å². The summed E-state index contributed by atoms with van der Waals surface area (Å²) in [7, 11) is 1.26. The van der Waals surface area contributed by atoms with Gasteiger partial charge in [0, 0.05) is 25.8 Å². The minimum absolute atomic E-state index is 0.0802. The van der Waals surface area contributed by atoms with Crippen LogP contribution in [-0.4, -0.2) is 64.9 Å². The number of methoxy groups -OCH3 is 1. The quantitative estimate of drug-likeness (QED) is 0.650. The number of carbonyl (C=O) groups excluding carboxylic acids is 3. The molecule has 3 rings (SSSR count). The Morgan fingerprint density at radius 3 is 2.48 bits per heavy atom. The first-order valence-corrected chi connectivity index (χ1v) is 10.2. The molecule has 0 bridgehead atoms. The van der Waals surface area contributed by atoms with Gasteiger partial charge in [0.1, 0.15) is 18.2 Å². The van der Waals surface area contributed by atoms with Crippen LogP contribution in [0.3, 0.4) is 0 Å². The molecule has 2 heterocycles. The van der Waals surface area contributed by atoms with Crippen molar-refractivity contribution in [3.63, 3.8) is 0 Å². The van der Waals surface area contributed by atoms with Crippen LogP contribution in [0, 0.1) is 6.92 Å². The highest BCUT2D eigenvalue weighted by Crippen LogP contribution is 2.16. The third-order valence-electron chi connectivity index (χ3n) is 5.63. The van der Waals surface area contributed by atoms with Crippen LogP contribution < -0.4 is 5.56 Å². The number of ether oxygens (including phenoxy) is 1. The van der Waals surface area contributed by atoms with Crippen molar-refractivity contribution in [2.45, 2.75) is 32.9 Å². The van der Waals surface area contributed by atoms with Crippen molar-refractivity contribution in [3.8, 4) is 0 Å². The van der Waals surface area contributed by atoms with Gasteiger partial charge in [-0.15, -0.1) is 0 Å². The monoisotopic (exact) mass is 425 g/mol. The van der Waals surface area contributed by atoms with Crippen LogP contribution in [0.15, 0.2) is 47.4 Å². The summed E-state index contributed by atoms with van der Waals surface area (Å²) in [5.41, 5.74) is 1.39. The number of rotatable bonds is 6. The molecule has 1 aromatic carbocycles. The first kappa shape index (κ1) is 22.3. The summed E-state index contributed by atoms with van der Waals surface area (Å²) in [5.74, 6) is -1.32. The Morgan fingerprint density at radius 1 is 1.10 bits per heavy atom. The minimum atomic E-state index is -0.775. The van der Waals surface area contributed by atoms with Crippen molar-refractivity contribution in [2.24, 2.45) is 0 Å². The molecule has 1 fully saturated rings. The molecule has 2 aromatic rings. The van der Waals surface area contributed by atoms with Gasteiger partial charge >= 0.3 is 5.97 Å². The van der Waals surface area contributed by atoms with Gasteiger partial charge in [-0.2, -0.15) is 0 Å². The molecule has 0 N–H and O–H groups in total. The fourth-order valence-corrected chi connectivity index (χ4v) is 3.72. The Kier molecular flexibility index (Phi) is 6.89. The Labute approximate surface area is 181 Å². The molecule has 1 aliphatic heterocycles. The van der Waals surface area contributed by atoms with Crippen LogP contribution in [0.5, 0.6) is 0 Å². The van der Waals surface area contributed by atoms with Gasteiger partial charge in [0.15, 0.2) is 0 Å². The van der Waals surface area contributed by atoms with E-state index in [-0.39, 0.29) is 36.7 Å². The van der Waals surface area contributed by atoms with Crippen LogP contribution in [0.4, 0.5) is 0 Å². The zero-order valence-electron chi connectivity index (χ0n) is 18.0. The zero-order valence-corrected chi connectivity index (χ0v) is 18.0. The number of amides is 2. The van der Waals surface area contributed by atoms with Crippen molar-refractivity contribution in [1.29, 1.82) is 0 Å². The number of nitrogens with zero attached hydrogens (tertiary/aromatic N) is 3. The van der Waals surface area contributed by atoms with Crippen molar-refractivity contribution in [1.82, 2.24) is 14.4 Å². The number of aryl methyl sites for hydroxylation is 3. The summed E-state index contributed by atoms with van der Waals surface area (Å²) in [4.78, 5) is 53.3. The van der Waals surface area contributed by atoms with Gasteiger partial charge in [-0.3, -0.25) is 19.2 Å². The lowest BCUT2D eigenvalue weighted by molar-refractivity contribution is -0.150. The van der Waals surface area contributed by atoms with Crippen LogP contribution in [-0.2, 0) is 27.3 Å². The summed E-state index contributed by atoms with van der Waals surface area (Å²) in [6, 6.07) is 10.8. The standard InChI is InChI=1S/C23H27N3O5/c1-16-9-11-24(12-10-18-7-5-4-6-8-18)22(29)20(16)23(30)26-14-13-25(15-19(27)31-3)21(28)17(26)2/h4-9,11,17H,10,12-15H2,1-3H3. The average Bonchev–Trinajstić information content (AvgIpc) is 2.77. The highest BCUT2D eigenvalue weighted by molar-refractivity contribution is 5.99. The molecule has 0 saturated carbocycles. The maximum absolute atomic E-state index is 13.3. The van der Waals surface area contributed by atoms with Gasteiger partial charge < -0.3 is 19.1 Å². The average molecular weight is 425 g/mol. The molecule has 1 aliphatic rings. The van der Waals surface area contributed by atoms with Gasteiger partial charge in [-0.1, -0.05) is 30.3 Å². The van der Waals surface area contributed by atoms with E-state index in [1.165, 1.54) is 21.5 Å². The molecule has 8 nitrogen and oxygen atoms in total. The number of hydrogen-bond acceptors (Lipinski definition) is 5. The van der Waals surface area contributed by atoms with E-state index in [4.69, 9.17) is 0 Å². The molecule has 2 amide bonds. The lowest BCUT2D eigenvalue weighted by Gasteiger charge is -2.38. The second-order valence-corrected chi connectivity index (χ2v) is 7.62. The van der Waals surface area contributed by atoms with Crippen molar-refractivity contribution < 1.29 is 19.1 Å². The molecule has 164 valence electrons. The predicted octanol–water partition coefficient (Wildman–Crippen LogP) is 1.25. The molecule has 0 aliphatic carbocycles. The van der Waals surface area contributed by atoms with Gasteiger partial charge in [-0.25, -0.2) is 0 Å². The molecule has 31 heavy (non-hydrogen) atoms. The SMILES string of the molecule is COC(=O)CN1CCN(C(=O)c2c(C)ccn(CCc3ccccc3)c2=O)C(C)C1=O. The van der Waals surface area contributed by atoms with E-state index in [9.17, 15) is 19.2 Å². The topological polar surface area (TPSA) is 88.9 Å². The van der Waals surface area contributed by atoms with E-state index in [1.54, 1.807) is 26.1 Å². The second-order valence-electron chi connectivity index (χ2n) is 7.62. The summed E-state index contributed by atoms with van der Waals surface area (Å²) >= 11 is 0. The molecule has 1 atom stereocenters. The molecule has 8 heteroatoms. The number of carbonyl (C=O) groups is 3. The summed E-state index contributed by atoms with van der Waals surface area (Å²) in [6.45, 7) is 4.06. The fourth-order valence-electron chi connectivity index (χ4n) is 3.72. The van der Waals surface area contributed by atoms with E-state index in [1.807, 2.05) is 30.3 Å². The highest BCUT2D eigenvalue weighted by atomic mass is 16.5. The third-order valence-corrected chi connectivity index (χ3v) is 5.63. The molecule has 1 aromatic heterocycles. The van der Waals surface area contributed by atoms with Gasteiger partial charge in [0.2, 0.25) is 5.91 Å². The molecule has 0 radical (unpaired) electrons. The number of hydrogen-bond donors (Lipinski definition) is 0. The largest absolute Gasteiger partial charge is 0.468 e. The normalized spacial score (nSPS) is 16.4. The first-order valence-electron chi connectivity index (χ1n) is 10.2. The van der Waals surface area contributed by atoms with E-state index in [2.05, 4.69) is 4.74 Å². The van der Waals surface area contributed by atoms with Crippen LogP contribution in [0.2, 0.25) is 0 Å². The highest BCUT2D eigenvalue weighted by Gasteiger charge is 2.36. The zero-order chi connectivity index (χ0) is 22.5. The van der Waals surface area contributed by atoms with E-state index in [0.29, 0.717) is 18.5 Å². The lowest BCUT2D eigenvalue weighted by Crippen LogP contribution is -2.59. The predicted molar refractivity (Wildman–Crippen MR) is 115 cm³/mol. The van der Waals surface area contributed by atoms with Crippen molar-refractivity contribution in [3.05, 3.63) is 69.6 Å². The lowest BCUT2D eigenvalue weighted by atomic mass is 10.1. The number of pyridine rings is 1. The number of piperazine rings is 1. The molecule has 0 spiro atoms.